The number of phenolic OH excluding ortho intramolecular Hbond substituents is 1. The van der Waals surface area contributed by atoms with Gasteiger partial charge in [-0.15, -0.1) is 0 Å². The van der Waals surface area contributed by atoms with Crippen LogP contribution >= 0.6 is 11.8 Å². The number of thioether (sulfide) groups is 1. The van der Waals surface area contributed by atoms with Crippen molar-refractivity contribution in [3.8, 4) is 5.75 Å². The van der Waals surface area contributed by atoms with Gasteiger partial charge >= 0.3 is 0 Å². The number of rotatable bonds is 4. The molecule has 0 aromatic heterocycles. The minimum atomic E-state index is 0.355. The van der Waals surface area contributed by atoms with Gasteiger partial charge in [-0.05, 0) is 54.5 Å². The lowest BCUT2D eigenvalue weighted by molar-refractivity contribution is 0.446. The van der Waals surface area contributed by atoms with Gasteiger partial charge in [-0.1, -0.05) is 12.1 Å². The van der Waals surface area contributed by atoms with Crippen LogP contribution in [-0.4, -0.2) is 23.2 Å². The lowest BCUT2D eigenvalue weighted by Crippen LogP contribution is -2.25. The highest BCUT2D eigenvalue weighted by molar-refractivity contribution is 7.99. The van der Waals surface area contributed by atoms with Crippen LogP contribution < -0.4 is 5.32 Å². The van der Waals surface area contributed by atoms with E-state index in [9.17, 15) is 5.11 Å². The summed E-state index contributed by atoms with van der Waals surface area (Å²) in [6.45, 7) is 1.97. The van der Waals surface area contributed by atoms with Gasteiger partial charge in [0.2, 0.25) is 0 Å². The number of phenols is 1. The topological polar surface area (TPSA) is 32.3 Å². The van der Waals surface area contributed by atoms with E-state index in [-0.39, 0.29) is 0 Å². The Morgan fingerprint density at radius 1 is 1.31 bits per heavy atom. The van der Waals surface area contributed by atoms with E-state index in [2.05, 4.69) is 17.1 Å². The van der Waals surface area contributed by atoms with Gasteiger partial charge in [0, 0.05) is 6.54 Å². The summed E-state index contributed by atoms with van der Waals surface area (Å²) in [5, 5.41) is 12.8. The van der Waals surface area contributed by atoms with Crippen LogP contribution in [0.25, 0.3) is 0 Å². The molecule has 1 aliphatic heterocycles. The number of aromatic hydroxyl groups is 1. The zero-order valence-electron chi connectivity index (χ0n) is 9.48. The van der Waals surface area contributed by atoms with Gasteiger partial charge < -0.3 is 10.4 Å². The fourth-order valence-electron chi connectivity index (χ4n) is 2.04. The Kier molecular flexibility index (Phi) is 4.55. The van der Waals surface area contributed by atoms with Gasteiger partial charge in [0.25, 0.3) is 0 Å². The Labute approximate surface area is 101 Å². The van der Waals surface area contributed by atoms with E-state index < -0.39 is 0 Å². The smallest absolute Gasteiger partial charge is 0.115 e. The maximum absolute atomic E-state index is 9.33. The minimum absolute atomic E-state index is 0.355. The summed E-state index contributed by atoms with van der Waals surface area (Å²) in [5.74, 6) is 3.84. The van der Waals surface area contributed by atoms with Crippen molar-refractivity contribution >= 4 is 11.8 Å². The second kappa shape index (κ2) is 6.16. The van der Waals surface area contributed by atoms with Crippen molar-refractivity contribution in [2.24, 2.45) is 5.92 Å². The van der Waals surface area contributed by atoms with Crippen LogP contribution in [0, 0.1) is 5.92 Å². The average molecular weight is 237 g/mol. The van der Waals surface area contributed by atoms with Crippen molar-refractivity contribution in [1.29, 1.82) is 0 Å². The molecule has 1 saturated heterocycles. The highest BCUT2D eigenvalue weighted by Gasteiger charge is 2.12. The number of nitrogens with one attached hydrogen (secondary N) is 1. The monoisotopic (exact) mass is 237 g/mol. The van der Waals surface area contributed by atoms with E-state index in [1.54, 1.807) is 6.07 Å². The first kappa shape index (κ1) is 11.8. The molecule has 1 heterocycles. The first-order valence-electron chi connectivity index (χ1n) is 5.91. The summed E-state index contributed by atoms with van der Waals surface area (Å²) in [7, 11) is 0. The third-order valence-electron chi connectivity index (χ3n) is 3.01. The normalized spacial score (nSPS) is 17.5. The van der Waals surface area contributed by atoms with Crippen LogP contribution in [0.5, 0.6) is 5.75 Å². The zero-order valence-corrected chi connectivity index (χ0v) is 10.3. The molecule has 0 atom stereocenters. The Morgan fingerprint density at radius 2 is 2.12 bits per heavy atom. The van der Waals surface area contributed by atoms with Crippen molar-refractivity contribution in [2.45, 2.75) is 19.4 Å². The molecule has 2 N–H and O–H groups in total. The van der Waals surface area contributed by atoms with Gasteiger partial charge in [-0.2, -0.15) is 11.8 Å². The van der Waals surface area contributed by atoms with E-state index >= 15 is 0 Å². The van der Waals surface area contributed by atoms with Crippen LogP contribution in [0.2, 0.25) is 0 Å². The molecule has 1 aromatic rings. The van der Waals surface area contributed by atoms with Crippen molar-refractivity contribution in [2.75, 3.05) is 18.1 Å². The lowest BCUT2D eigenvalue weighted by Gasteiger charge is -2.21. The molecule has 0 radical (unpaired) electrons. The Hall–Kier alpha value is -0.670. The first-order chi connectivity index (χ1) is 7.84. The van der Waals surface area contributed by atoms with Crippen molar-refractivity contribution in [1.82, 2.24) is 5.32 Å². The second-order valence-corrected chi connectivity index (χ2v) is 5.58. The fourth-order valence-corrected chi connectivity index (χ4v) is 3.24. The summed E-state index contributed by atoms with van der Waals surface area (Å²) >= 11 is 2.07. The van der Waals surface area contributed by atoms with Crippen LogP contribution in [0.1, 0.15) is 18.4 Å². The lowest BCUT2D eigenvalue weighted by atomic mass is 10.0. The van der Waals surface area contributed by atoms with Crippen LogP contribution in [0.15, 0.2) is 24.3 Å². The van der Waals surface area contributed by atoms with Crippen molar-refractivity contribution in [3.05, 3.63) is 29.8 Å². The molecule has 1 aliphatic rings. The molecule has 3 heteroatoms. The van der Waals surface area contributed by atoms with E-state index in [1.165, 1.54) is 24.3 Å². The standard InChI is InChI=1S/C13H19NOS/c15-13-3-1-2-12(8-13)10-14-9-11-4-6-16-7-5-11/h1-3,8,11,14-15H,4-7,9-10H2. The molecule has 1 fully saturated rings. The van der Waals surface area contributed by atoms with E-state index in [0.29, 0.717) is 5.75 Å². The summed E-state index contributed by atoms with van der Waals surface area (Å²) in [6.07, 6.45) is 2.69. The summed E-state index contributed by atoms with van der Waals surface area (Å²) in [6, 6.07) is 7.47. The quantitative estimate of drug-likeness (QED) is 0.844. The largest absolute Gasteiger partial charge is 0.508 e. The number of hydrogen-bond acceptors (Lipinski definition) is 3. The molecule has 0 amide bonds. The molecule has 2 nitrogen and oxygen atoms in total. The van der Waals surface area contributed by atoms with Gasteiger partial charge in [0.05, 0.1) is 0 Å². The molecule has 16 heavy (non-hydrogen) atoms. The number of hydrogen-bond donors (Lipinski definition) is 2. The molecular formula is C13H19NOS. The van der Waals surface area contributed by atoms with Gasteiger partial charge in [-0.25, -0.2) is 0 Å². The van der Waals surface area contributed by atoms with Crippen LogP contribution in [0.3, 0.4) is 0 Å². The third kappa shape index (κ3) is 3.72. The maximum Gasteiger partial charge on any atom is 0.115 e. The molecule has 0 unspecified atom stereocenters. The molecular weight excluding hydrogens is 218 g/mol. The van der Waals surface area contributed by atoms with Crippen molar-refractivity contribution in [3.63, 3.8) is 0 Å². The van der Waals surface area contributed by atoms with E-state index in [1.807, 2.05) is 18.2 Å². The van der Waals surface area contributed by atoms with Gasteiger partial charge in [0.1, 0.15) is 5.75 Å². The molecule has 0 bridgehead atoms. The highest BCUT2D eigenvalue weighted by atomic mass is 32.2. The average Bonchev–Trinajstić information content (AvgIpc) is 2.30. The van der Waals surface area contributed by atoms with Crippen molar-refractivity contribution < 1.29 is 5.11 Å². The zero-order chi connectivity index (χ0) is 11.2. The predicted molar refractivity (Wildman–Crippen MR) is 69.9 cm³/mol. The summed E-state index contributed by atoms with van der Waals surface area (Å²) in [4.78, 5) is 0. The Morgan fingerprint density at radius 3 is 2.88 bits per heavy atom. The Balaban J connectivity index is 1.71. The molecule has 88 valence electrons. The molecule has 0 aliphatic carbocycles. The van der Waals surface area contributed by atoms with E-state index in [0.717, 1.165) is 24.6 Å². The van der Waals surface area contributed by atoms with Gasteiger partial charge in [-0.3, -0.25) is 0 Å². The van der Waals surface area contributed by atoms with Gasteiger partial charge in [0.15, 0.2) is 0 Å². The van der Waals surface area contributed by atoms with E-state index in [4.69, 9.17) is 0 Å². The second-order valence-electron chi connectivity index (χ2n) is 4.36. The third-order valence-corrected chi connectivity index (χ3v) is 4.06. The molecule has 2 rings (SSSR count). The molecule has 1 aromatic carbocycles. The first-order valence-corrected chi connectivity index (χ1v) is 7.06. The Bertz CT molecular complexity index is 323. The minimum Gasteiger partial charge on any atom is -0.508 e. The summed E-state index contributed by atoms with van der Waals surface area (Å²) < 4.78 is 0. The van der Waals surface area contributed by atoms with Crippen LogP contribution in [-0.2, 0) is 6.54 Å². The summed E-state index contributed by atoms with van der Waals surface area (Å²) in [5.41, 5.74) is 1.16. The SMILES string of the molecule is Oc1cccc(CNCC2CCSCC2)c1. The maximum atomic E-state index is 9.33. The highest BCUT2D eigenvalue weighted by Crippen LogP contribution is 2.22. The predicted octanol–water partition coefficient (Wildman–Crippen LogP) is 2.63. The fraction of sp³-hybridized carbons (Fsp3) is 0.538. The van der Waals surface area contributed by atoms with Crippen LogP contribution in [0.4, 0.5) is 0 Å². The molecule has 0 saturated carbocycles. The molecule has 0 spiro atoms. The number of benzene rings is 1.